The average Bonchev–Trinajstić information content (AvgIpc) is 2.95. The van der Waals surface area contributed by atoms with E-state index in [-0.39, 0.29) is 0 Å². The van der Waals surface area contributed by atoms with E-state index in [9.17, 15) is 0 Å². The summed E-state index contributed by atoms with van der Waals surface area (Å²) in [5, 5.41) is 4.22. The predicted octanol–water partition coefficient (Wildman–Crippen LogP) is 2.85. The molecule has 5 heteroatoms. The Labute approximate surface area is 137 Å². The molecule has 2 aromatic rings. The molecule has 0 amide bonds. The summed E-state index contributed by atoms with van der Waals surface area (Å²) < 4.78 is 7.92. The third kappa shape index (κ3) is 3.20. The van der Waals surface area contributed by atoms with Gasteiger partial charge >= 0.3 is 0 Å². The molecular weight excluding hydrogens is 288 g/mol. The highest BCUT2D eigenvalue weighted by molar-refractivity contribution is 5.40. The molecule has 4 rings (SSSR count). The SMILES string of the molecule is Nc1cnn(-c2ccc(OC3CCN(C4CCC4)CC3)cc2)c1. The number of rotatable bonds is 4. The number of benzene rings is 1. The molecule has 1 aromatic heterocycles. The van der Waals surface area contributed by atoms with Crippen LogP contribution in [0.15, 0.2) is 36.7 Å². The fourth-order valence-corrected chi connectivity index (χ4v) is 3.46. The Hall–Kier alpha value is -2.01. The van der Waals surface area contributed by atoms with Crippen LogP contribution in [-0.4, -0.2) is 39.9 Å². The maximum Gasteiger partial charge on any atom is 0.119 e. The van der Waals surface area contributed by atoms with Gasteiger partial charge in [-0.3, -0.25) is 0 Å². The molecule has 0 unspecified atom stereocenters. The van der Waals surface area contributed by atoms with Crippen molar-refractivity contribution in [1.29, 1.82) is 0 Å². The first-order valence-electron chi connectivity index (χ1n) is 8.59. The number of ether oxygens (including phenoxy) is 1. The van der Waals surface area contributed by atoms with Gasteiger partial charge < -0.3 is 15.4 Å². The van der Waals surface area contributed by atoms with Crippen molar-refractivity contribution in [3.05, 3.63) is 36.7 Å². The monoisotopic (exact) mass is 312 g/mol. The van der Waals surface area contributed by atoms with Crippen molar-refractivity contribution < 1.29 is 4.74 Å². The van der Waals surface area contributed by atoms with Crippen LogP contribution < -0.4 is 10.5 Å². The van der Waals surface area contributed by atoms with Gasteiger partial charge in [-0.1, -0.05) is 6.42 Å². The first-order chi connectivity index (χ1) is 11.3. The van der Waals surface area contributed by atoms with Crippen LogP contribution in [0.1, 0.15) is 32.1 Å². The molecule has 2 heterocycles. The average molecular weight is 312 g/mol. The smallest absolute Gasteiger partial charge is 0.119 e. The number of nitrogens with two attached hydrogens (primary N) is 1. The summed E-state index contributed by atoms with van der Waals surface area (Å²) in [6.45, 7) is 2.36. The lowest BCUT2D eigenvalue weighted by Gasteiger charge is -2.41. The van der Waals surface area contributed by atoms with Gasteiger partial charge in [0.2, 0.25) is 0 Å². The van der Waals surface area contributed by atoms with Crippen LogP contribution in [0.4, 0.5) is 5.69 Å². The summed E-state index contributed by atoms with van der Waals surface area (Å²) in [6, 6.07) is 8.94. The topological polar surface area (TPSA) is 56.3 Å². The lowest BCUT2D eigenvalue weighted by atomic mass is 9.90. The van der Waals surface area contributed by atoms with E-state index in [1.54, 1.807) is 10.9 Å². The second kappa shape index (κ2) is 6.24. The number of anilines is 1. The van der Waals surface area contributed by atoms with Gasteiger partial charge in [-0.05, 0) is 49.9 Å². The first-order valence-corrected chi connectivity index (χ1v) is 8.59. The minimum atomic E-state index is 0.345. The van der Waals surface area contributed by atoms with E-state index in [2.05, 4.69) is 10.00 Å². The summed E-state index contributed by atoms with van der Waals surface area (Å²) in [7, 11) is 0. The summed E-state index contributed by atoms with van der Waals surface area (Å²) in [4.78, 5) is 2.65. The maximum absolute atomic E-state index is 6.15. The Morgan fingerprint density at radius 1 is 1.04 bits per heavy atom. The molecule has 1 aliphatic carbocycles. The predicted molar refractivity (Wildman–Crippen MR) is 90.8 cm³/mol. The molecule has 1 saturated carbocycles. The molecular formula is C18H24N4O. The summed E-state index contributed by atoms with van der Waals surface area (Å²) in [5.74, 6) is 0.941. The van der Waals surface area contributed by atoms with Crippen LogP contribution in [-0.2, 0) is 0 Å². The molecule has 0 bridgehead atoms. The third-order valence-electron chi connectivity index (χ3n) is 5.07. The summed E-state index contributed by atoms with van der Waals surface area (Å²) in [5.41, 5.74) is 7.37. The van der Waals surface area contributed by atoms with Crippen molar-refractivity contribution in [1.82, 2.24) is 14.7 Å². The molecule has 0 spiro atoms. The van der Waals surface area contributed by atoms with Crippen LogP contribution in [0.3, 0.4) is 0 Å². The van der Waals surface area contributed by atoms with E-state index in [0.29, 0.717) is 11.8 Å². The molecule has 2 N–H and O–H groups in total. The lowest BCUT2D eigenvalue weighted by molar-refractivity contribution is 0.0493. The van der Waals surface area contributed by atoms with Gasteiger partial charge in [-0.25, -0.2) is 4.68 Å². The van der Waals surface area contributed by atoms with E-state index in [1.807, 2.05) is 30.5 Å². The van der Waals surface area contributed by atoms with Crippen molar-refractivity contribution in [2.24, 2.45) is 0 Å². The van der Waals surface area contributed by atoms with Crippen LogP contribution in [0.2, 0.25) is 0 Å². The van der Waals surface area contributed by atoms with Gasteiger partial charge in [-0.15, -0.1) is 0 Å². The Morgan fingerprint density at radius 3 is 2.35 bits per heavy atom. The lowest BCUT2D eigenvalue weighted by Crippen LogP contribution is -2.46. The number of aromatic nitrogens is 2. The third-order valence-corrected chi connectivity index (χ3v) is 5.07. The highest BCUT2D eigenvalue weighted by Crippen LogP contribution is 2.28. The number of piperidine rings is 1. The highest BCUT2D eigenvalue weighted by atomic mass is 16.5. The zero-order valence-electron chi connectivity index (χ0n) is 13.4. The van der Waals surface area contributed by atoms with Crippen molar-refractivity contribution in [2.75, 3.05) is 18.8 Å². The fourth-order valence-electron chi connectivity index (χ4n) is 3.46. The van der Waals surface area contributed by atoms with Crippen LogP contribution in [0.5, 0.6) is 5.75 Å². The van der Waals surface area contributed by atoms with Crippen LogP contribution in [0, 0.1) is 0 Å². The molecule has 1 aliphatic heterocycles. The number of hydrogen-bond donors (Lipinski definition) is 1. The Balaban J connectivity index is 1.32. The van der Waals surface area contributed by atoms with Crippen LogP contribution in [0.25, 0.3) is 5.69 Å². The molecule has 2 aliphatic rings. The second-order valence-corrected chi connectivity index (χ2v) is 6.65. The van der Waals surface area contributed by atoms with E-state index in [1.165, 1.54) is 32.4 Å². The highest BCUT2D eigenvalue weighted by Gasteiger charge is 2.29. The number of nitrogen functional groups attached to an aromatic ring is 1. The van der Waals surface area contributed by atoms with E-state index < -0.39 is 0 Å². The van der Waals surface area contributed by atoms with Crippen LogP contribution >= 0.6 is 0 Å². The van der Waals surface area contributed by atoms with Gasteiger partial charge in [-0.2, -0.15) is 5.10 Å². The van der Waals surface area contributed by atoms with E-state index >= 15 is 0 Å². The molecule has 1 saturated heterocycles. The Bertz CT molecular complexity index is 639. The maximum atomic E-state index is 6.15. The van der Waals surface area contributed by atoms with Crippen molar-refractivity contribution in [3.63, 3.8) is 0 Å². The standard InChI is InChI=1S/C18H24N4O/c19-14-12-20-22(13-14)16-4-6-17(7-5-16)23-18-8-10-21(11-9-18)15-2-1-3-15/h4-7,12-13,15,18H,1-3,8-11,19H2. The van der Waals surface area contributed by atoms with Gasteiger partial charge in [0.1, 0.15) is 11.9 Å². The molecule has 23 heavy (non-hydrogen) atoms. The zero-order chi connectivity index (χ0) is 15.6. The van der Waals surface area contributed by atoms with Gasteiger partial charge in [0.05, 0.1) is 23.8 Å². The quantitative estimate of drug-likeness (QED) is 0.943. The minimum Gasteiger partial charge on any atom is -0.490 e. The molecule has 0 radical (unpaired) electrons. The molecule has 2 fully saturated rings. The molecule has 5 nitrogen and oxygen atoms in total. The van der Waals surface area contributed by atoms with E-state index in [4.69, 9.17) is 10.5 Å². The van der Waals surface area contributed by atoms with E-state index in [0.717, 1.165) is 30.3 Å². The largest absolute Gasteiger partial charge is 0.490 e. The van der Waals surface area contributed by atoms with Gasteiger partial charge in [0.25, 0.3) is 0 Å². The Morgan fingerprint density at radius 2 is 1.78 bits per heavy atom. The van der Waals surface area contributed by atoms with Gasteiger partial charge in [0.15, 0.2) is 0 Å². The minimum absolute atomic E-state index is 0.345. The number of nitrogens with zero attached hydrogens (tertiary/aromatic N) is 3. The molecule has 0 atom stereocenters. The zero-order valence-corrected chi connectivity index (χ0v) is 13.4. The second-order valence-electron chi connectivity index (χ2n) is 6.65. The molecule has 1 aromatic carbocycles. The number of likely N-dealkylation sites (tertiary alicyclic amines) is 1. The summed E-state index contributed by atoms with van der Waals surface area (Å²) in [6.07, 6.45) is 10.3. The first kappa shape index (κ1) is 14.6. The fraction of sp³-hybridized carbons (Fsp3) is 0.500. The number of hydrogen-bond acceptors (Lipinski definition) is 4. The Kier molecular flexibility index (Phi) is 3.95. The normalized spacial score (nSPS) is 20.3. The summed E-state index contributed by atoms with van der Waals surface area (Å²) >= 11 is 0. The van der Waals surface area contributed by atoms with Gasteiger partial charge in [0, 0.05) is 19.1 Å². The van der Waals surface area contributed by atoms with Crippen molar-refractivity contribution in [3.8, 4) is 11.4 Å². The van der Waals surface area contributed by atoms with Crippen molar-refractivity contribution in [2.45, 2.75) is 44.2 Å². The molecule has 122 valence electrons. The van der Waals surface area contributed by atoms with Crippen molar-refractivity contribution >= 4 is 5.69 Å².